The van der Waals surface area contributed by atoms with Crippen molar-refractivity contribution in [3.05, 3.63) is 33.5 Å². The lowest BCUT2D eigenvalue weighted by Gasteiger charge is -2.42. The number of fused-ring (bicyclic) bond motifs is 1. The fourth-order valence-electron chi connectivity index (χ4n) is 4.94. The summed E-state index contributed by atoms with van der Waals surface area (Å²) in [4.78, 5) is 27.1. The number of carbonyl (C=O) groups is 2. The molecule has 180 valence electrons. The van der Waals surface area contributed by atoms with E-state index < -0.39 is 33.5 Å². The number of esters is 1. The van der Waals surface area contributed by atoms with E-state index in [0.717, 1.165) is 21.8 Å². The monoisotopic (exact) mass is 511 g/mol. The summed E-state index contributed by atoms with van der Waals surface area (Å²) in [6.07, 6.45) is 1.62. The van der Waals surface area contributed by atoms with Crippen LogP contribution in [0.15, 0.2) is 21.7 Å². The summed E-state index contributed by atoms with van der Waals surface area (Å²) in [5.74, 6) is -0.938. The van der Waals surface area contributed by atoms with E-state index in [0.29, 0.717) is 29.8 Å². The van der Waals surface area contributed by atoms with Gasteiger partial charge in [-0.15, -0.1) is 22.7 Å². The van der Waals surface area contributed by atoms with Gasteiger partial charge in [-0.3, -0.25) is 4.79 Å². The standard InChI is InChI=1S/C22H29N3O5S3/c1-21(2)12-13-16(20(27)30-5)19(32-17(13)22(3,4)24-21)23-18(26)14-8-6-10-25(14)33(28,29)15-9-7-11-31-15/h7,9,11,14,24H,6,8,10,12H2,1-5H3,(H,23,26). The third-order valence-electron chi connectivity index (χ3n) is 6.03. The number of hydrogen-bond donors (Lipinski definition) is 2. The number of sulfonamides is 1. The smallest absolute Gasteiger partial charge is 0.341 e. The minimum absolute atomic E-state index is 0.221. The first kappa shape index (κ1) is 24.3. The van der Waals surface area contributed by atoms with Crippen LogP contribution in [0.5, 0.6) is 0 Å². The van der Waals surface area contributed by atoms with Crippen LogP contribution >= 0.6 is 22.7 Å². The maximum absolute atomic E-state index is 13.3. The van der Waals surface area contributed by atoms with Crippen LogP contribution < -0.4 is 10.6 Å². The second-order valence-electron chi connectivity index (χ2n) is 9.61. The number of nitrogens with zero attached hydrogens (tertiary/aromatic N) is 1. The molecule has 1 saturated heterocycles. The Bertz CT molecular complexity index is 1180. The Morgan fingerprint density at radius 1 is 1.27 bits per heavy atom. The van der Waals surface area contributed by atoms with Crippen molar-refractivity contribution in [1.82, 2.24) is 9.62 Å². The molecule has 4 rings (SSSR count). The highest BCUT2D eigenvalue weighted by Gasteiger charge is 2.44. The van der Waals surface area contributed by atoms with Crippen LogP contribution in [0.4, 0.5) is 5.00 Å². The van der Waals surface area contributed by atoms with Crippen molar-refractivity contribution >= 4 is 49.6 Å². The van der Waals surface area contributed by atoms with E-state index in [2.05, 4.69) is 24.5 Å². The minimum Gasteiger partial charge on any atom is -0.465 e. The van der Waals surface area contributed by atoms with Crippen LogP contribution in [0.25, 0.3) is 0 Å². The number of rotatable bonds is 5. The second kappa shape index (κ2) is 8.46. The molecular formula is C22H29N3O5S3. The van der Waals surface area contributed by atoms with Crippen molar-refractivity contribution in [2.45, 2.75) is 68.3 Å². The first-order valence-electron chi connectivity index (χ1n) is 10.8. The molecule has 4 heterocycles. The van der Waals surface area contributed by atoms with E-state index in [-0.39, 0.29) is 16.3 Å². The van der Waals surface area contributed by atoms with E-state index in [1.807, 2.05) is 13.8 Å². The Kier molecular flexibility index (Phi) is 6.24. The predicted octanol–water partition coefficient (Wildman–Crippen LogP) is 3.55. The van der Waals surface area contributed by atoms with Crippen LogP contribution in [0.2, 0.25) is 0 Å². The lowest BCUT2D eigenvalue weighted by Crippen LogP contribution is -2.55. The number of nitrogens with one attached hydrogen (secondary N) is 2. The fourth-order valence-corrected chi connectivity index (χ4v) is 8.99. The van der Waals surface area contributed by atoms with Gasteiger partial charge in [0.15, 0.2) is 0 Å². The molecule has 33 heavy (non-hydrogen) atoms. The molecule has 11 heteroatoms. The van der Waals surface area contributed by atoms with E-state index in [1.165, 1.54) is 22.8 Å². The van der Waals surface area contributed by atoms with E-state index in [9.17, 15) is 18.0 Å². The second-order valence-corrected chi connectivity index (χ2v) is 13.7. The molecule has 0 spiro atoms. The Hall–Kier alpha value is -1.79. The van der Waals surface area contributed by atoms with Gasteiger partial charge in [0.2, 0.25) is 5.91 Å². The summed E-state index contributed by atoms with van der Waals surface area (Å²) >= 11 is 2.48. The maximum Gasteiger partial charge on any atom is 0.341 e. The molecule has 2 aliphatic heterocycles. The van der Waals surface area contributed by atoms with Crippen molar-refractivity contribution in [3.63, 3.8) is 0 Å². The number of methoxy groups -OCH3 is 1. The van der Waals surface area contributed by atoms with E-state index >= 15 is 0 Å². The number of thiophene rings is 2. The van der Waals surface area contributed by atoms with Crippen LogP contribution in [-0.2, 0) is 31.5 Å². The molecule has 0 aromatic carbocycles. The SMILES string of the molecule is COC(=O)c1c(NC(=O)C2CCCN2S(=O)(=O)c2cccs2)sc2c1CC(C)(C)NC2(C)C. The number of carbonyl (C=O) groups excluding carboxylic acids is 2. The highest BCUT2D eigenvalue weighted by Crippen LogP contribution is 2.45. The van der Waals surface area contributed by atoms with Crippen LogP contribution in [0.1, 0.15) is 61.3 Å². The number of amides is 1. The summed E-state index contributed by atoms with van der Waals surface area (Å²) in [6.45, 7) is 8.51. The average molecular weight is 512 g/mol. The number of ether oxygens (including phenoxy) is 1. The van der Waals surface area contributed by atoms with Crippen molar-refractivity contribution < 1.29 is 22.7 Å². The van der Waals surface area contributed by atoms with Crippen LogP contribution in [0.3, 0.4) is 0 Å². The van der Waals surface area contributed by atoms with Gasteiger partial charge in [-0.2, -0.15) is 4.31 Å². The fraction of sp³-hybridized carbons (Fsp3) is 0.545. The van der Waals surface area contributed by atoms with Crippen molar-refractivity contribution in [1.29, 1.82) is 0 Å². The lowest BCUT2D eigenvalue weighted by molar-refractivity contribution is -0.119. The quantitative estimate of drug-likeness (QED) is 0.595. The van der Waals surface area contributed by atoms with Gasteiger partial charge >= 0.3 is 5.97 Å². The zero-order valence-corrected chi connectivity index (χ0v) is 21.8. The molecular weight excluding hydrogens is 482 g/mol. The first-order valence-corrected chi connectivity index (χ1v) is 13.9. The van der Waals surface area contributed by atoms with Gasteiger partial charge < -0.3 is 15.4 Å². The zero-order valence-electron chi connectivity index (χ0n) is 19.4. The summed E-state index contributed by atoms with van der Waals surface area (Å²) in [5.41, 5.74) is 0.568. The molecule has 0 aliphatic carbocycles. The highest BCUT2D eigenvalue weighted by atomic mass is 32.2. The largest absolute Gasteiger partial charge is 0.465 e. The molecule has 2 aromatic heterocycles. The van der Waals surface area contributed by atoms with Crippen molar-refractivity contribution in [2.24, 2.45) is 0 Å². The van der Waals surface area contributed by atoms with Gasteiger partial charge in [-0.05, 0) is 64.0 Å². The molecule has 0 bridgehead atoms. The molecule has 2 aliphatic rings. The van der Waals surface area contributed by atoms with Gasteiger partial charge in [0.05, 0.1) is 12.7 Å². The number of anilines is 1. The Morgan fingerprint density at radius 3 is 2.64 bits per heavy atom. The molecule has 0 radical (unpaired) electrons. The van der Waals surface area contributed by atoms with Crippen molar-refractivity contribution in [3.8, 4) is 0 Å². The minimum atomic E-state index is -3.76. The van der Waals surface area contributed by atoms with Gasteiger partial charge in [-0.1, -0.05) is 6.07 Å². The summed E-state index contributed by atoms with van der Waals surface area (Å²) < 4.78 is 32.7. The molecule has 1 fully saturated rings. The van der Waals surface area contributed by atoms with Gasteiger partial charge in [0.1, 0.15) is 15.3 Å². The summed E-state index contributed by atoms with van der Waals surface area (Å²) in [5, 5.41) is 8.59. The zero-order chi connectivity index (χ0) is 24.2. The third-order valence-corrected chi connectivity index (χ3v) is 10.8. The maximum atomic E-state index is 13.3. The van der Waals surface area contributed by atoms with Gasteiger partial charge in [-0.25, -0.2) is 13.2 Å². The van der Waals surface area contributed by atoms with Crippen molar-refractivity contribution in [2.75, 3.05) is 19.0 Å². The first-order chi connectivity index (χ1) is 15.4. The number of hydrogen-bond acceptors (Lipinski definition) is 8. The lowest BCUT2D eigenvalue weighted by atomic mass is 9.81. The molecule has 0 saturated carbocycles. The summed E-state index contributed by atoms with van der Waals surface area (Å²) in [6, 6.07) is 2.40. The molecule has 2 N–H and O–H groups in total. The third kappa shape index (κ3) is 4.37. The van der Waals surface area contributed by atoms with Crippen LogP contribution in [0, 0.1) is 0 Å². The Morgan fingerprint density at radius 2 is 2.00 bits per heavy atom. The topological polar surface area (TPSA) is 105 Å². The highest BCUT2D eigenvalue weighted by molar-refractivity contribution is 7.91. The predicted molar refractivity (Wildman–Crippen MR) is 129 cm³/mol. The van der Waals surface area contributed by atoms with E-state index in [4.69, 9.17) is 4.74 Å². The van der Waals surface area contributed by atoms with E-state index in [1.54, 1.807) is 17.5 Å². The summed E-state index contributed by atoms with van der Waals surface area (Å²) in [7, 11) is -2.44. The average Bonchev–Trinajstić information content (AvgIpc) is 3.45. The molecule has 8 nitrogen and oxygen atoms in total. The molecule has 1 atom stereocenters. The normalized spacial score (nSPS) is 22.0. The molecule has 2 aromatic rings. The van der Waals surface area contributed by atoms with Gasteiger partial charge in [0, 0.05) is 22.5 Å². The molecule has 1 amide bonds. The Labute approximate surface area is 202 Å². The van der Waals surface area contributed by atoms with Gasteiger partial charge in [0.25, 0.3) is 10.0 Å². The molecule has 1 unspecified atom stereocenters. The Balaban J connectivity index is 1.69. The van der Waals surface area contributed by atoms with Crippen LogP contribution in [-0.4, -0.2) is 49.8 Å².